The van der Waals surface area contributed by atoms with Gasteiger partial charge in [-0.25, -0.2) is 0 Å². The molecule has 0 bridgehead atoms. The van der Waals surface area contributed by atoms with Gasteiger partial charge >= 0.3 is 0 Å². The molecule has 0 aromatic heterocycles. The lowest BCUT2D eigenvalue weighted by Gasteiger charge is -1.98. The van der Waals surface area contributed by atoms with E-state index in [4.69, 9.17) is 5.73 Å². The van der Waals surface area contributed by atoms with E-state index in [2.05, 4.69) is 17.7 Å². The first-order valence-corrected chi connectivity index (χ1v) is 4.64. The summed E-state index contributed by atoms with van der Waals surface area (Å²) in [7, 11) is 0. The van der Waals surface area contributed by atoms with E-state index in [1.54, 1.807) is 6.92 Å². The van der Waals surface area contributed by atoms with Gasteiger partial charge in [-0.05, 0) is 25.0 Å². The molecule has 0 spiro atoms. The van der Waals surface area contributed by atoms with Crippen molar-refractivity contribution in [3.63, 3.8) is 0 Å². The van der Waals surface area contributed by atoms with E-state index in [0.29, 0.717) is 13.1 Å². The maximum Gasteiger partial charge on any atom is 0.293 e. The molecule has 3 nitrogen and oxygen atoms in total. The lowest BCUT2D eigenvalue weighted by molar-refractivity contribution is -0.128. The first kappa shape index (κ1) is 12.5. The zero-order valence-electron chi connectivity index (χ0n) is 8.69. The number of carbonyl (C=O) groups excluding carboxylic acids is 1. The Labute approximate surface area is 84.9 Å². The molecule has 0 aliphatic heterocycles. The summed E-state index contributed by atoms with van der Waals surface area (Å²) in [6, 6.07) is 7.94. The molecule has 0 aliphatic rings. The molecule has 0 radical (unpaired) electrons. The molecule has 0 heterocycles. The minimum Gasteiger partial charge on any atom is -0.468 e. The molecule has 3 heteroatoms. The molecule has 78 valence electrons. The second-order valence-corrected chi connectivity index (χ2v) is 2.60. The van der Waals surface area contributed by atoms with Crippen LogP contribution in [0.3, 0.4) is 0 Å². The predicted molar refractivity (Wildman–Crippen MR) is 57.9 cm³/mol. The number of carbonyl (C=O) groups is 1. The summed E-state index contributed by atoms with van der Waals surface area (Å²) in [5.74, 6) is 0. The van der Waals surface area contributed by atoms with Crippen molar-refractivity contribution in [3.05, 3.63) is 29.8 Å². The maximum absolute atomic E-state index is 9.18. The zero-order valence-corrected chi connectivity index (χ0v) is 8.69. The van der Waals surface area contributed by atoms with Crippen molar-refractivity contribution in [2.24, 2.45) is 0 Å². The first-order valence-electron chi connectivity index (χ1n) is 4.64. The summed E-state index contributed by atoms with van der Waals surface area (Å²) in [6.45, 7) is 4.77. The summed E-state index contributed by atoms with van der Waals surface area (Å²) < 4.78 is 4.15. The van der Waals surface area contributed by atoms with E-state index in [9.17, 15) is 4.79 Å². The van der Waals surface area contributed by atoms with Gasteiger partial charge in [-0.2, -0.15) is 0 Å². The van der Waals surface area contributed by atoms with Crippen LogP contribution in [0.25, 0.3) is 0 Å². The molecule has 0 amide bonds. The molecule has 0 saturated heterocycles. The van der Waals surface area contributed by atoms with E-state index in [0.717, 1.165) is 12.1 Å². The molecule has 1 aromatic carbocycles. The van der Waals surface area contributed by atoms with Crippen molar-refractivity contribution in [2.45, 2.75) is 20.3 Å². The van der Waals surface area contributed by atoms with Crippen LogP contribution >= 0.6 is 0 Å². The third-order valence-corrected chi connectivity index (χ3v) is 1.67. The van der Waals surface area contributed by atoms with Crippen LogP contribution in [0.1, 0.15) is 19.4 Å². The molecule has 14 heavy (non-hydrogen) atoms. The van der Waals surface area contributed by atoms with Crippen molar-refractivity contribution in [1.82, 2.24) is 0 Å². The SMILES string of the molecule is CCOC=O.CCc1ccccc1N. The van der Waals surface area contributed by atoms with Crippen molar-refractivity contribution in [2.75, 3.05) is 12.3 Å². The van der Waals surface area contributed by atoms with E-state index < -0.39 is 0 Å². The molecule has 1 rings (SSSR count). The summed E-state index contributed by atoms with van der Waals surface area (Å²) >= 11 is 0. The summed E-state index contributed by atoms with van der Waals surface area (Å²) in [6.07, 6.45) is 1.02. The summed E-state index contributed by atoms with van der Waals surface area (Å²) in [5.41, 5.74) is 7.77. The van der Waals surface area contributed by atoms with Gasteiger partial charge in [0.2, 0.25) is 0 Å². The Morgan fingerprint density at radius 2 is 2.00 bits per heavy atom. The quantitative estimate of drug-likeness (QED) is 0.593. The average Bonchev–Trinajstić information content (AvgIpc) is 2.21. The normalized spacial score (nSPS) is 8.43. The van der Waals surface area contributed by atoms with Gasteiger partial charge in [0.05, 0.1) is 6.61 Å². The highest BCUT2D eigenvalue weighted by molar-refractivity contribution is 5.46. The topological polar surface area (TPSA) is 52.3 Å². The second kappa shape index (κ2) is 8.10. The number of nitrogens with two attached hydrogens (primary N) is 1. The Balaban J connectivity index is 0.000000292. The molecule has 0 atom stereocenters. The van der Waals surface area contributed by atoms with E-state index >= 15 is 0 Å². The fourth-order valence-corrected chi connectivity index (χ4v) is 0.924. The molecule has 0 aliphatic carbocycles. The zero-order chi connectivity index (χ0) is 10.8. The molecular weight excluding hydrogens is 178 g/mol. The minimum absolute atomic E-state index is 0.431. The van der Waals surface area contributed by atoms with Gasteiger partial charge in [0.25, 0.3) is 6.47 Å². The molecule has 0 unspecified atom stereocenters. The summed E-state index contributed by atoms with van der Waals surface area (Å²) in [4.78, 5) is 9.18. The first-order chi connectivity index (χ1) is 6.76. The van der Waals surface area contributed by atoms with Gasteiger partial charge < -0.3 is 10.5 Å². The average molecular weight is 195 g/mol. The third-order valence-electron chi connectivity index (χ3n) is 1.67. The van der Waals surface area contributed by atoms with Gasteiger partial charge in [-0.3, -0.25) is 4.79 Å². The van der Waals surface area contributed by atoms with E-state index in [1.165, 1.54) is 5.56 Å². The smallest absolute Gasteiger partial charge is 0.293 e. The number of benzene rings is 1. The van der Waals surface area contributed by atoms with Gasteiger partial charge in [-0.1, -0.05) is 25.1 Å². The van der Waals surface area contributed by atoms with Crippen LogP contribution in [0.15, 0.2) is 24.3 Å². The highest BCUT2D eigenvalue weighted by Crippen LogP contribution is 2.09. The summed E-state index contributed by atoms with van der Waals surface area (Å²) in [5, 5.41) is 0. The lowest BCUT2D eigenvalue weighted by Crippen LogP contribution is -1.90. The number of para-hydroxylation sites is 1. The van der Waals surface area contributed by atoms with Gasteiger partial charge in [-0.15, -0.1) is 0 Å². The minimum atomic E-state index is 0.431. The third kappa shape index (κ3) is 5.19. The Morgan fingerprint density at radius 3 is 2.29 bits per heavy atom. The van der Waals surface area contributed by atoms with Crippen LogP contribution in [0.5, 0.6) is 0 Å². The predicted octanol–water partition coefficient (Wildman–Crippen LogP) is 2.01. The Bertz CT molecular complexity index is 261. The van der Waals surface area contributed by atoms with Crippen molar-refractivity contribution in [1.29, 1.82) is 0 Å². The molecule has 1 aromatic rings. The fourth-order valence-electron chi connectivity index (χ4n) is 0.924. The van der Waals surface area contributed by atoms with Crippen LogP contribution in [-0.2, 0) is 16.0 Å². The fraction of sp³-hybridized carbons (Fsp3) is 0.364. The Morgan fingerprint density at radius 1 is 1.36 bits per heavy atom. The van der Waals surface area contributed by atoms with Crippen LogP contribution in [-0.4, -0.2) is 13.1 Å². The Kier molecular flexibility index (Phi) is 7.23. The van der Waals surface area contributed by atoms with Crippen molar-refractivity contribution >= 4 is 12.2 Å². The number of rotatable bonds is 3. The molecule has 0 fully saturated rings. The second-order valence-electron chi connectivity index (χ2n) is 2.60. The van der Waals surface area contributed by atoms with Gasteiger partial charge in [0.1, 0.15) is 0 Å². The largest absolute Gasteiger partial charge is 0.468 e. The number of ether oxygens (including phenoxy) is 1. The highest BCUT2D eigenvalue weighted by Gasteiger charge is 1.90. The molecule has 0 saturated carbocycles. The molecule has 2 N–H and O–H groups in total. The standard InChI is InChI=1S/C8H11N.C3H6O2/c1-2-7-5-3-4-6-8(7)9;1-2-5-3-4/h3-6H,2,9H2,1H3;3H,2H2,1H3. The van der Waals surface area contributed by atoms with E-state index in [-0.39, 0.29) is 0 Å². The Hall–Kier alpha value is -1.51. The van der Waals surface area contributed by atoms with Crippen LogP contribution < -0.4 is 5.73 Å². The van der Waals surface area contributed by atoms with Crippen LogP contribution in [0.2, 0.25) is 0 Å². The number of anilines is 1. The number of nitrogen functional groups attached to an aromatic ring is 1. The van der Waals surface area contributed by atoms with Crippen molar-refractivity contribution in [3.8, 4) is 0 Å². The number of aryl methyl sites for hydroxylation is 1. The highest BCUT2D eigenvalue weighted by atomic mass is 16.5. The van der Waals surface area contributed by atoms with Crippen molar-refractivity contribution < 1.29 is 9.53 Å². The lowest BCUT2D eigenvalue weighted by atomic mass is 10.1. The van der Waals surface area contributed by atoms with Crippen LogP contribution in [0, 0.1) is 0 Å². The van der Waals surface area contributed by atoms with E-state index in [1.807, 2.05) is 18.2 Å². The van der Waals surface area contributed by atoms with Crippen LogP contribution in [0.4, 0.5) is 5.69 Å². The van der Waals surface area contributed by atoms with Gasteiger partial charge in [0, 0.05) is 5.69 Å². The monoisotopic (exact) mass is 195 g/mol. The van der Waals surface area contributed by atoms with Gasteiger partial charge in [0.15, 0.2) is 0 Å². The molecular formula is C11H17NO2. The number of hydrogen-bond acceptors (Lipinski definition) is 3. The maximum atomic E-state index is 9.18. The number of hydrogen-bond donors (Lipinski definition) is 1.